The lowest BCUT2D eigenvalue weighted by Gasteiger charge is -2.29. The van der Waals surface area contributed by atoms with E-state index in [0.29, 0.717) is 29.0 Å². The number of para-hydroxylation sites is 1. The molecule has 4 heterocycles. The van der Waals surface area contributed by atoms with Gasteiger partial charge in [0.05, 0.1) is 22.6 Å². The molecule has 8 heteroatoms. The van der Waals surface area contributed by atoms with Crippen molar-refractivity contribution in [2.24, 2.45) is 0 Å². The molecule has 8 nitrogen and oxygen atoms in total. The monoisotopic (exact) mass is 474 g/mol. The van der Waals surface area contributed by atoms with Gasteiger partial charge in [0.15, 0.2) is 5.78 Å². The summed E-state index contributed by atoms with van der Waals surface area (Å²) in [4.78, 5) is 38.2. The molecule has 1 atom stereocenters. The number of nitrogens with zero attached hydrogens (tertiary/aromatic N) is 4. The fourth-order valence-electron chi connectivity index (χ4n) is 5.06. The van der Waals surface area contributed by atoms with Gasteiger partial charge in [-0.3, -0.25) is 14.6 Å². The summed E-state index contributed by atoms with van der Waals surface area (Å²) < 4.78 is 2.04. The Balaban J connectivity index is 1.71. The highest BCUT2D eigenvalue weighted by atomic mass is 16.1. The second-order valence-corrected chi connectivity index (χ2v) is 8.83. The Morgan fingerprint density at radius 1 is 1.14 bits per heavy atom. The number of benzene rings is 2. The van der Waals surface area contributed by atoms with Gasteiger partial charge in [0.25, 0.3) is 0 Å². The number of nitrogens with one attached hydrogen (secondary N) is 1. The molecule has 1 amide bonds. The molecule has 6 rings (SSSR count). The molecule has 0 saturated carbocycles. The molecule has 1 unspecified atom stereocenters. The predicted molar refractivity (Wildman–Crippen MR) is 139 cm³/mol. The van der Waals surface area contributed by atoms with E-state index in [1.807, 2.05) is 47.2 Å². The van der Waals surface area contributed by atoms with Crippen LogP contribution in [-0.2, 0) is 11.3 Å². The van der Waals surface area contributed by atoms with E-state index < -0.39 is 0 Å². The minimum atomic E-state index is -0.353. The van der Waals surface area contributed by atoms with E-state index in [9.17, 15) is 9.59 Å². The number of pyridine rings is 1. The summed E-state index contributed by atoms with van der Waals surface area (Å²) >= 11 is 0. The number of hydrogen-bond acceptors (Lipinski definition) is 6. The smallest absolute Gasteiger partial charge is 0.243 e. The van der Waals surface area contributed by atoms with Crippen LogP contribution >= 0.6 is 0 Å². The molecule has 1 aliphatic rings. The molecule has 176 valence electrons. The molecule has 0 saturated heterocycles. The standard InChI is InChI=1S/C28H22N6O2/c1-3-23(36)33-22-13-34-26(20-11-16(15(2)35)8-9-19(20)22)24(25-27(29)31-14-32-28(25)34)18-10-17-6-4-5-7-21(17)30-12-18/h3-12,14,22H,1,13H2,2H3,(H,33,36)(H2,29,31,32). The van der Waals surface area contributed by atoms with Crippen molar-refractivity contribution < 1.29 is 9.59 Å². The van der Waals surface area contributed by atoms with Gasteiger partial charge in [0.2, 0.25) is 5.91 Å². The molecule has 1 aliphatic heterocycles. The summed E-state index contributed by atoms with van der Waals surface area (Å²) in [5, 5.41) is 4.71. The summed E-state index contributed by atoms with van der Waals surface area (Å²) in [6.07, 6.45) is 4.51. The van der Waals surface area contributed by atoms with E-state index in [1.54, 1.807) is 6.07 Å². The molecule has 0 radical (unpaired) electrons. The number of nitrogen functional groups attached to an aromatic ring is 1. The number of carbonyl (C=O) groups is 2. The lowest BCUT2D eigenvalue weighted by atomic mass is 9.89. The van der Waals surface area contributed by atoms with Crippen LogP contribution in [0.15, 0.2) is 73.7 Å². The zero-order valence-corrected chi connectivity index (χ0v) is 19.5. The van der Waals surface area contributed by atoms with Gasteiger partial charge in [-0.2, -0.15) is 0 Å². The van der Waals surface area contributed by atoms with Crippen LogP contribution in [0.4, 0.5) is 5.82 Å². The van der Waals surface area contributed by atoms with Crippen LogP contribution in [0.25, 0.3) is 44.3 Å². The zero-order chi connectivity index (χ0) is 25.0. The number of rotatable bonds is 4. The molecule has 2 aromatic carbocycles. The molecule has 0 aliphatic carbocycles. The summed E-state index contributed by atoms with van der Waals surface area (Å²) in [7, 11) is 0. The van der Waals surface area contributed by atoms with Gasteiger partial charge in [0, 0.05) is 40.4 Å². The van der Waals surface area contributed by atoms with Gasteiger partial charge in [-0.15, -0.1) is 0 Å². The molecule has 36 heavy (non-hydrogen) atoms. The fourth-order valence-corrected chi connectivity index (χ4v) is 5.06. The minimum absolute atomic E-state index is 0.0501. The van der Waals surface area contributed by atoms with Crippen molar-refractivity contribution in [1.29, 1.82) is 0 Å². The quantitative estimate of drug-likeness (QED) is 0.294. The summed E-state index contributed by atoms with van der Waals surface area (Å²) in [5.74, 6) is 0.0153. The van der Waals surface area contributed by atoms with Crippen LogP contribution < -0.4 is 11.1 Å². The summed E-state index contributed by atoms with van der Waals surface area (Å²) in [6.45, 7) is 5.55. The lowest BCUT2D eigenvalue weighted by Crippen LogP contribution is -2.33. The van der Waals surface area contributed by atoms with Crippen molar-refractivity contribution in [3.05, 3.63) is 84.8 Å². The average Bonchev–Trinajstić information content (AvgIpc) is 3.23. The fraction of sp³-hybridized carbons (Fsp3) is 0.107. The summed E-state index contributed by atoms with van der Waals surface area (Å²) in [5.41, 5.74) is 12.8. The Morgan fingerprint density at radius 3 is 2.78 bits per heavy atom. The molecular formula is C28H22N6O2. The van der Waals surface area contributed by atoms with Gasteiger partial charge in [-0.05, 0) is 36.8 Å². The predicted octanol–water partition coefficient (Wildman–Crippen LogP) is 4.46. The van der Waals surface area contributed by atoms with Crippen LogP contribution in [-0.4, -0.2) is 31.2 Å². The first-order valence-corrected chi connectivity index (χ1v) is 11.5. The largest absolute Gasteiger partial charge is 0.383 e. The maximum absolute atomic E-state index is 12.3. The van der Waals surface area contributed by atoms with Gasteiger partial charge in [0.1, 0.15) is 17.8 Å². The third kappa shape index (κ3) is 3.26. The molecule has 3 aromatic heterocycles. The third-order valence-corrected chi connectivity index (χ3v) is 6.71. The Kier molecular flexibility index (Phi) is 4.89. The molecule has 0 fully saturated rings. The van der Waals surface area contributed by atoms with Crippen molar-refractivity contribution in [3.63, 3.8) is 0 Å². The highest BCUT2D eigenvalue weighted by molar-refractivity contribution is 6.09. The number of aromatic nitrogens is 4. The number of fused-ring (bicyclic) bond motifs is 6. The number of carbonyl (C=O) groups excluding carboxylic acids is 2. The Hall–Kier alpha value is -4.85. The molecule has 0 spiro atoms. The van der Waals surface area contributed by atoms with Crippen LogP contribution in [0, 0.1) is 0 Å². The Morgan fingerprint density at radius 2 is 1.97 bits per heavy atom. The number of hydrogen-bond donors (Lipinski definition) is 2. The van der Waals surface area contributed by atoms with Crippen molar-refractivity contribution in [2.75, 3.05) is 5.73 Å². The van der Waals surface area contributed by atoms with Gasteiger partial charge < -0.3 is 15.6 Å². The third-order valence-electron chi connectivity index (χ3n) is 6.71. The minimum Gasteiger partial charge on any atom is -0.383 e. The number of Topliss-reactive ketones (excluding diaryl/α,β-unsaturated/α-hetero) is 1. The average molecular weight is 475 g/mol. The van der Waals surface area contributed by atoms with Gasteiger partial charge >= 0.3 is 0 Å². The molecule has 0 bridgehead atoms. The van der Waals surface area contributed by atoms with E-state index in [4.69, 9.17) is 5.73 Å². The number of ketones is 1. The van der Waals surface area contributed by atoms with Crippen LogP contribution in [0.1, 0.15) is 28.9 Å². The highest BCUT2D eigenvalue weighted by Crippen LogP contribution is 2.47. The van der Waals surface area contributed by atoms with E-state index in [0.717, 1.165) is 38.9 Å². The van der Waals surface area contributed by atoms with Crippen LogP contribution in [0.3, 0.4) is 0 Å². The first-order chi connectivity index (χ1) is 17.5. The second kappa shape index (κ2) is 8.13. The van der Waals surface area contributed by atoms with Crippen molar-refractivity contribution in [3.8, 4) is 22.4 Å². The topological polar surface area (TPSA) is 116 Å². The molecule has 5 aromatic rings. The number of anilines is 1. The van der Waals surface area contributed by atoms with E-state index in [2.05, 4.69) is 32.9 Å². The Labute approximate surface area is 206 Å². The van der Waals surface area contributed by atoms with E-state index in [1.165, 1.54) is 19.3 Å². The summed E-state index contributed by atoms with van der Waals surface area (Å²) in [6, 6.07) is 15.2. The normalized spacial score (nSPS) is 14.3. The second-order valence-electron chi connectivity index (χ2n) is 8.83. The maximum Gasteiger partial charge on any atom is 0.243 e. The highest BCUT2D eigenvalue weighted by Gasteiger charge is 2.33. The molecular weight excluding hydrogens is 452 g/mol. The van der Waals surface area contributed by atoms with Crippen LogP contribution in [0.2, 0.25) is 0 Å². The SMILES string of the molecule is C=CC(=O)NC1Cn2c(c(-c3cnc4ccccc4c3)c3c(N)ncnc32)-c2cc(C(C)=O)ccc21. The first-order valence-electron chi connectivity index (χ1n) is 11.5. The Bertz CT molecular complexity index is 1740. The lowest BCUT2D eigenvalue weighted by molar-refractivity contribution is -0.117. The van der Waals surface area contributed by atoms with Crippen LogP contribution in [0.5, 0.6) is 0 Å². The maximum atomic E-state index is 12.3. The molecule has 3 N–H and O–H groups in total. The number of amides is 1. The van der Waals surface area contributed by atoms with Gasteiger partial charge in [-0.1, -0.05) is 36.9 Å². The van der Waals surface area contributed by atoms with Gasteiger partial charge in [-0.25, -0.2) is 9.97 Å². The van der Waals surface area contributed by atoms with Crippen molar-refractivity contribution in [2.45, 2.75) is 19.5 Å². The van der Waals surface area contributed by atoms with E-state index >= 15 is 0 Å². The number of nitrogens with two attached hydrogens (primary N) is 1. The van der Waals surface area contributed by atoms with Crippen molar-refractivity contribution >= 4 is 39.4 Å². The van der Waals surface area contributed by atoms with Crippen molar-refractivity contribution in [1.82, 2.24) is 24.8 Å². The first kappa shape index (κ1) is 21.7. The zero-order valence-electron chi connectivity index (χ0n) is 19.5. The van der Waals surface area contributed by atoms with E-state index in [-0.39, 0.29) is 17.7 Å².